The van der Waals surface area contributed by atoms with Crippen molar-refractivity contribution in [2.75, 3.05) is 10.6 Å². The molecule has 4 aromatic rings. The monoisotopic (exact) mass is 486 g/mol. The van der Waals surface area contributed by atoms with Crippen molar-refractivity contribution in [3.05, 3.63) is 94.3 Å². The molecule has 0 aliphatic rings. The summed E-state index contributed by atoms with van der Waals surface area (Å²) in [7, 11) is 0. The van der Waals surface area contributed by atoms with Gasteiger partial charge in [0.25, 0.3) is 5.56 Å². The first-order valence-corrected chi connectivity index (χ1v) is 12.1. The van der Waals surface area contributed by atoms with Gasteiger partial charge in [-0.2, -0.15) is 0 Å². The molecule has 0 bridgehead atoms. The lowest BCUT2D eigenvalue weighted by atomic mass is 10.1. The van der Waals surface area contributed by atoms with E-state index in [1.165, 1.54) is 18.7 Å². The van der Waals surface area contributed by atoms with Crippen LogP contribution in [0.15, 0.2) is 82.7 Å². The summed E-state index contributed by atoms with van der Waals surface area (Å²) in [5.74, 6) is -0.377. The predicted octanol–water partition coefficient (Wildman–Crippen LogP) is 4.83. The van der Waals surface area contributed by atoms with E-state index in [0.29, 0.717) is 34.0 Å². The first kappa shape index (κ1) is 24.2. The number of nitrogens with one attached hydrogen (secondary N) is 2. The van der Waals surface area contributed by atoms with Gasteiger partial charge in [-0.15, -0.1) is 0 Å². The maximum Gasteiger partial charge on any atom is 0.262 e. The second kappa shape index (κ2) is 10.6. The number of aromatic nitrogens is 2. The Morgan fingerprint density at radius 2 is 1.57 bits per heavy atom. The van der Waals surface area contributed by atoms with Crippen LogP contribution >= 0.6 is 11.8 Å². The molecule has 0 saturated heterocycles. The Labute approximate surface area is 207 Å². The maximum absolute atomic E-state index is 13.4. The fourth-order valence-electron chi connectivity index (χ4n) is 3.55. The van der Waals surface area contributed by atoms with Gasteiger partial charge in [-0.05, 0) is 55.8 Å². The molecule has 1 unspecified atom stereocenters. The molecule has 0 spiro atoms. The summed E-state index contributed by atoms with van der Waals surface area (Å²) < 4.78 is 1.63. The summed E-state index contributed by atoms with van der Waals surface area (Å²) in [6.45, 7) is 5.60. The topological polar surface area (TPSA) is 93.1 Å². The Morgan fingerprint density at radius 1 is 0.943 bits per heavy atom. The quantitative estimate of drug-likeness (QED) is 0.288. The van der Waals surface area contributed by atoms with Crippen LogP contribution in [0.4, 0.5) is 11.4 Å². The highest BCUT2D eigenvalue weighted by atomic mass is 32.2. The van der Waals surface area contributed by atoms with Crippen LogP contribution in [0.1, 0.15) is 25.0 Å². The standard InChI is InChI=1S/C27H26N4O3S/c1-17-8-10-20(11-9-17)16-31-26(34)23-6-4-5-7-24(23)30-27(31)35-18(2)25(33)29-22-14-12-21(13-15-22)28-19(3)32/h4-15,18H,16H2,1-3H3,(H,28,32)(H,29,33). The molecule has 1 heterocycles. The molecule has 0 saturated carbocycles. The van der Waals surface area contributed by atoms with Crippen LogP contribution in [0.5, 0.6) is 0 Å². The molecule has 178 valence electrons. The molecule has 3 aromatic carbocycles. The third-order valence-corrected chi connectivity index (χ3v) is 6.50. The van der Waals surface area contributed by atoms with E-state index in [0.717, 1.165) is 11.1 Å². The summed E-state index contributed by atoms with van der Waals surface area (Å²) in [4.78, 5) is 42.2. The fourth-order valence-corrected chi connectivity index (χ4v) is 4.46. The Hall–Kier alpha value is -3.91. The molecule has 0 aliphatic heterocycles. The molecule has 2 amide bonds. The van der Waals surface area contributed by atoms with Crippen LogP contribution in [0.3, 0.4) is 0 Å². The summed E-state index contributed by atoms with van der Waals surface area (Å²) in [6.07, 6.45) is 0. The van der Waals surface area contributed by atoms with Crippen molar-refractivity contribution in [2.45, 2.75) is 37.7 Å². The maximum atomic E-state index is 13.4. The average molecular weight is 487 g/mol. The van der Waals surface area contributed by atoms with Crippen molar-refractivity contribution in [3.8, 4) is 0 Å². The number of rotatable bonds is 7. The highest BCUT2D eigenvalue weighted by molar-refractivity contribution is 8.00. The SMILES string of the molecule is CC(=O)Nc1ccc(NC(=O)C(C)Sc2nc3ccccc3c(=O)n2Cc2ccc(C)cc2)cc1. The minimum absolute atomic E-state index is 0.139. The molecule has 2 N–H and O–H groups in total. The van der Waals surface area contributed by atoms with Crippen LogP contribution in [0.25, 0.3) is 10.9 Å². The Bertz CT molecular complexity index is 1430. The van der Waals surface area contributed by atoms with Crippen molar-refractivity contribution in [3.63, 3.8) is 0 Å². The second-order valence-electron chi connectivity index (χ2n) is 8.30. The molecule has 1 atom stereocenters. The molecule has 7 nitrogen and oxygen atoms in total. The third-order valence-electron chi connectivity index (χ3n) is 5.41. The van der Waals surface area contributed by atoms with E-state index in [-0.39, 0.29) is 17.4 Å². The summed E-state index contributed by atoms with van der Waals surface area (Å²) in [6, 6.07) is 22.1. The van der Waals surface area contributed by atoms with Gasteiger partial charge in [0, 0.05) is 18.3 Å². The number of carbonyl (C=O) groups excluding carboxylic acids is 2. The van der Waals surface area contributed by atoms with Gasteiger partial charge in [0.15, 0.2) is 5.16 Å². The van der Waals surface area contributed by atoms with Crippen LogP contribution in [-0.2, 0) is 16.1 Å². The lowest BCUT2D eigenvalue weighted by Gasteiger charge is -2.17. The number of carbonyl (C=O) groups is 2. The molecule has 0 radical (unpaired) electrons. The van der Waals surface area contributed by atoms with Gasteiger partial charge in [-0.1, -0.05) is 53.7 Å². The molecular weight excluding hydrogens is 460 g/mol. The first-order chi connectivity index (χ1) is 16.8. The van der Waals surface area contributed by atoms with Crippen LogP contribution in [0, 0.1) is 6.92 Å². The number of fused-ring (bicyclic) bond motifs is 1. The minimum atomic E-state index is -0.512. The number of aryl methyl sites for hydroxylation is 1. The predicted molar refractivity (Wildman–Crippen MR) is 141 cm³/mol. The van der Waals surface area contributed by atoms with E-state index in [1.54, 1.807) is 47.9 Å². The molecule has 35 heavy (non-hydrogen) atoms. The van der Waals surface area contributed by atoms with Crippen molar-refractivity contribution < 1.29 is 9.59 Å². The Kier molecular flexibility index (Phi) is 7.31. The zero-order chi connectivity index (χ0) is 24.9. The van der Waals surface area contributed by atoms with Gasteiger partial charge in [0.2, 0.25) is 11.8 Å². The minimum Gasteiger partial charge on any atom is -0.326 e. The first-order valence-electron chi connectivity index (χ1n) is 11.2. The number of nitrogens with zero attached hydrogens (tertiary/aromatic N) is 2. The summed E-state index contributed by atoms with van der Waals surface area (Å²) >= 11 is 1.24. The van der Waals surface area contributed by atoms with Crippen molar-refractivity contribution in [2.24, 2.45) is 0 Å². The lowest BCUT2D eigenvalue weighted by molar-refractivity contribution is -0.115. The number of thioether (sulfide) groups is 1. The van der Waals surface area contributed by atoms with Gasteiger partial charge < -0.3 is 10.6 Å². The van der Waals surface area contributed by atoms with Crippen molar-refractivity contribution >= 4 is 45.9 Å². The van der Waals surface area contributed by atoms with E-state index in [9.17, 15) is 14.4 Å². The summed E-state index contributed by atoms with van der Waals surface area (Å²) in [5, 5.41) is 6.09. The van der Waals surface area contributed by atoms with E-state index in [2.05, 4.69) is 10.6 Å². The van der Waals surface area contributed by atoms with Gasteiger partial charge in [0.05, 0.1) is 22.7 Å². The number of benzene rings is 3. The second-order valence-corrected chi connectivity index (χ2v) is 9.60. The molecule has 0 fully saturated rings. The highest BCUT2D eigenvalue weighted by Crippen LogP contribution is 2.25. The fraction of sp³-hybridized carbons (Fsp3) is 0.185. The normalized spacial score (nSPS) is 11.7. The smallest absolute Gasteiger partial charge is 0.262 e. The molecule has 1 aromatic heterocycles. The average Bonchev–Trinajstić information content (AvgIpc) is 2.83. The van der Waals surface area contributed by atoms with Crippen molar-refractivity contribution in [1.29, 1.82) is 0 Å². The van der Waals surface area contributed by atoms with E-state index in [4.69, 9.17) is 4.98 Å². The zero-order valence-corrected chi connectivity index (χ0v) is 20.6. The largest absolute Gasteiger partial charge is 0.326 e. The Balaban J connectivity index is 1.58. The molecule has 4 rings (SSSR count). The lowest BCUT2D eigenvalue weighted by Crippen LogP contribution is -2.27. The van der Waals surface area contributed by atoms with Crippen LogP contribution in [-0.4, -0.2) is 26.6 Å². The molecular formula is C27H26N4O3S. The van der Waals surface area contributed by atoms with Gasteiger partial charge in [0.1, 0.15) is 0 Å². The van der Waals surface area contributed by atoms with Gasteiger partial charge in [-0.3, -0.25) is 19.0 Å². The highest BCUT2D eigenvalue weighted by Gasteiger charge is 2.20. The van der Waals surface area contributed by atoms with Gasteiger partial charge >= 0.3 is 0 Å². The Morgan fingerprint density at radius 3 is 2.23 bits per heavy atom. The van der Waals surface area contributed by atoms with Crippen LogP contribution in [0.2, 0.25) is 0 Å². The van der Waals surface area contributed by atoms with E-state index in [1.807, 2.05) is 43.3 Å². The number of amides is 2. The van der Waals surface area contributed by atoms with E-state index >= 15 is 0 Å². The number of hydrogen-bond donors (Lipinski definition) is 2. The van der Waals surface area contributed by atoms with E-state index < -0.39 is 5.25 Å². The molecule has 0 aliphatic carbocycles. The zero-order valence-electron chi connectivity index (χ0n) is 19.7. The number of hydrogen-bond acceptors (Lipinski definition) is 5. The van der Waals surface area contributed by atoms with Crippen LogP contribution < -0.4 is 16.2 Å². The number of anilines is 2. The molecule has 8 heteroatoms. The number of para-hydroxylation sites is 1. The third kappa shape index (κ3) is 5.96. The van der Waals surface area contributed by atoms with Gasteiger partial charge in [-0.25, -0.2) is 4.98 Å². The van der Waals surface area contributed by atoms with Crippen molar-refractivity contribution in [1.82, 2.24) is 9.55 Å². The summed E-state index contributed by atoms with van der Waals surface area (Å²) in [5.41, 5.74) is 3.84.